The van der Waals surface area contributed by atoms with Gasteiger partial charge in [0.25, 0.3) is 5.91 Å². The Labute approximate surface area is 132 Å². The SMILES string of the molecule is Cc1cccc(C(=O)NCCC(=O)NCC2CCCCC2)c1. The molecular weight excluding hydrogens is 276 g/mol. The largest absolute Gasteiger partial charge is 0.356 e. The van der Waals surface area contributed by atoms with Gasteiger partial charge in [-0.2, -0.15) is 0 Å². The minimum Gasteiger partial charge on any atom is -0.356 e. The van der Waals surface area contributed by atoms with Crippen molar-refractivity contribution in [2.24, 2.45) is 5.92 Å². The molecule has 0 atom stereocenters. The predicted octanol–water partition coefficient (Wildman–Crippen LogP) is 2.81. The molecule has 1 fully saturated rings. The van der Waals surface area contributed by atoms with Crippen LogP contribution in [0.4, 0.5) is 0 Å². The lowest BCUT2D eigenvalue weighted by molar-refractivity contribution is -0.121. The van der Waals surface area contributed by atoms with Crippen molar-refractivity contribution in [1.29, 1.82) is 0 Å². The Morgan fingerprint density at radius 3 is 2.64 bits per heavy atom. The van der Waals surface area contributed by atoms with Crippen LogP contribution in [-0.4, -0.2) is 24.9 Å². The predicted molar refractivity (Wildman–Crippen MR) is 87.7 cm³/mol. The number of nitrogens with one attached hydrogen (secondary N) is 2. The highest BCUT2D eigenvalue weighted by molar-refractivity contribution is 5.94. The zero-order valence-electron chi connectivity index (χ0n) is 13.4. The van der Waals surface area contributed by atoms with Crippen LogP contribution in [0, 0.1) is 12.8 Å². The van der Waals surface area contributed by atoms with Crippen LogP contribution in [0.3, 0.4) is 0 Å². The van der Waals surface area contributed by atoms with Crippen molar-refractivity contribution in [3.8, 4) is 0 Å². The fourth-order valence-electron chi connectivity index (χ4n) is 2.92. The van der Waals surface area contributed by atoms with Crippen LogP contribution >= 0.6 is 0 Å². The number of hydrogen-bond acceptors (Lipinski definition) is 2. The smallest absolute Gasteiger partial charge is 0.251 e. The average Bonchev–Trinajstić information content (AvgIpc) is 2.54. The van der Waals surface area contributed by atoms with Gasteiger partial charge in [-0.05, 0) is 37.8 Å². The van der Waals surface area contributed by atoms with Crippen molar-refractivity contribution < 1.29 is 9.59 Å². The van der Waals surface area contributed by atoms with Gasteiger partial charge >= 0.3 is 0 Å². The van der Waals surface area contributed by atoms with Crippen molar-refractivity contribution in [3.05, 3.63) is 35.4 Å². The van der Waals surface area contributed by atoms with Crippen molar-refractivity contribution in [2.45, 2.75) is 45.4 Å². The van der Waals surface area contributed by atoms with Crippen LogP contribution < -0.4 is 10.6 Å². The molecule has 0 radical (unpaired) electrons. The van der Waals surface area contributed by atoms with Gasteiger partial charge in [0.05, 0.1) is 0 Å². The van der Waals surface area contributed by atoms with E-state index in [0.29, 0.717) is 24.4 Å². The third-order valence-electron chi connectivity index (χ3n) is 4.23. The first kappa shape index (κ1) is 16.5. The van der Waals surface area contributed by atoms with E-state index in [4.69, 9.17) is 0 Å². The summed E-state index contributed by atoms with van der Waals surface area (Å²) in [6.45, 7) is 3.11. The van der Waals surface area contributed by atoms with E-state index in [9.17, 15) is 9.59 Å². The van der Waals surface area contributed by atoms with Crippen molar-refractivity contribution in [2.75, 3.05) is 13.1 Å². The highest BCUT2D eigenvalue weighted by Crippen LogP contribution is 2.22. The Bertz CT molecular complexity index is 508. The highest BCUT2D eigenvalue weighted by Gasteiger charge is 2.14. The van der Waals surface area contributed by atoms with Crippen LogP contribution in [0.15, 0.2) is 24.3 Å². The molecule has 120 valence electrons. The zero-order valence-corrected chi connectivity index (χ0v) is 13.4. The van der Waals surface area contributed by atoms with Gasteiger partial charge < -0.3 is 10.6 Å². The maximum atomic E-state index is 11.9. The van der Waals surface area contributed by atoms with Gasteiger partial charge in [0.1, 0.15) is 0 Å². The summed E-state index contributed by atoms with van der Waals surface area (Å²) in [7, 11) is 0. The van der Waals surface area contributed by atoms with Crippen molar-refractivity contribution in [3.63, 3.8) is 0 Å². The third-order valence-corrected chi connectivity index (χ3v) is 4.23. The zero-order chi connectivity index (χ0) is 15.8. The molecule has 0 aliphatic heterocycles. The van der Waals surface area contributed by atoms with Crippen LogP contribution in [0.5, 0.6) is 0 Å². The minimum atomic E-state index is -0.121. The third kappa shape index (κ3) is 5.51. The number of hydrogen-bond donors (Lipinski definition) is 2. The van der Waals surface area contributed by atoms with Gasteiger partial charge in [0.15, 0.2) is 0 Å². The van der Waals surface area contributed by atoms with Gasteiger partial charge in [0.2, 0.25) is 5.91 Å². The molecule has 1 aromatic carbocycles. The molecule has 0 bridgehead atoms. The number of amides is 2. The molecule has 0 aromatic heterocycles. The molecule has 2 rings (SSSR count). The fraction of sp³-hybridized carbons (Fsp3) is 0.556. The van der Waals surface area contributed by atoms with Gasteiger partial charge in [-0.15, -0.1) is 0 Å². The molecule has 0 unspecified atom stereocenters. The number of rotatable bonds is 6. The van der Waals surface area contributed by atoms with E-state index in [-0.39, 0.29) is 11.8 Å². The lowest BCUT2D eigenvalue weighted by atomic mass is 9.89. The lowest BCUT2D eigenvalue weighted by Crippen LogP contribution is -2.33. The van der Waals surface area contributed by atoms with Crippen LogP contribution in [-0.2, 0) is 4.79 Å². The molecule has 2 N–H and O–H groups in total. The Morgan fingerprint density at radius 1 is 1.14 bits per heavy atom. The molecule has 1 saturated carbocycles. The molecule has 1 aliphatic carbocycles. The van der Waals surface area contributed by atoms with Gasteiger partial charge in [-0.3, -0.25) is 9.59 Å². The summed E-state index contributed by atoms with van der Waals surface area (Å²) in [6, 6.07) is 7.45. The van der Waals surface area contributed by atoms with E-state index >= 15 is 0 Å². The Balaban J connectivity index is 1.63. The molecular formula is C18H26N2O2. The normalized spacial score (nSPS) is 15.3. The monoisotopic (exact) mass is 302 g/mol. The van der Waals surface area contributed by atoms with E-state index in [1.54, 1.807) is 6.07 Å². The maximum absolute atomic E-state index is 11.9. The van der Waals surface area contributed by atoms with E-state index in [2.05, 4.69) is 10.6 Å². The first-order valence-corrected chi connectivity index (χ1v) is 8.27. The average molecular weight is 302 g/mol. The van der Waals surface area contributed by atoms with Crippen LogP contribution in [0.1, 0.15) is 54.4 Å². The van der Waals surface area contributed by atoms with Gasteiger partial charge in [-0.1, -0.05) is 37.0 Å². The lowest BCUT2D eigenvalue weighted by Gasteiger charge is -2.21. The summed E-state index contributed by atoms with van der Waals surface area (Å²) < 4.78 is 0. The van der Waals surface area contributed by atoms with Gasteiger partial charge in [-0.25, -0.2) is 0 Å². The molecule has 0 heterocycles. The van der Waals surface area contributed by atoms with E-state index in [1.165, 1.54) is 32.1 Å². The maximum Gasteiger partial charge on any atom is 0.251 e. The molecule has 1 aromatic rings. The van der Waals surface area contributed by atoms with Crippen molar-refractivity contribution >= 4 is 11.8 Å². The van der Waals surface area contributed by atoms with Crippen LogP contribution in [0.25, 0.3) is 0 Å². The molecule has 4 heteroatoms. The number of carbonyl (C=O) groups excluding carboxylic acids is 2. The van der Waals surface area contributed by atoms with Crippen LogP contribution in [0.2, 0.25) is 0 Å². The summed E-state index contributed by atoms with van der Waals surface area (Å²) in [5, 5.41) is 5.78. The molecule has 2 amide bonds. The molecule has 0 saturated heterocycles. The highest BCUT2D eigenvalue weighted by atomic mass is 16.2. The summed E-state index contributed by atoms with van der Waals surface area (Å²) in [5.41, 5.74) is 1.69. The quantitative estimate of drug-likeness (QED) is 0.849. The van der Waals surface area contributed by atoms with E-state index in [0.717, 1.165) is 12.1 Å². The second-order valence-corrected chi connectivity index (χ2v) is 6.18. The molecule has 0 spiro atoms. The number of carbonyl (C=O) groups is 2. The second kappa shape index (κ2) is 8.57. The van der Waals surface area contributed by atoms with E-state index in [1.807, 2.05) is 25.1 Å². The summed E-state index contributed by atoms with van der Waals surface area (Å²) in [4.78, 5) is 23.7. The molecule has 22 heavy (non-hydrogen) atoms. The fourth-order valence-corrected chi connectivity index (χ4v) is 2.92. The summed E-state index contributed by atoms with van der Waals surface area (Å²) in [6.07, 6.45) is 6.69. The summed E-state index contributed by atoms with van der Waals surface area (Å²) >= 11 is 0. The number of aryl methyl sites for hydroxylation is 1. The Morgan fingerprint density at radius 2 is 1.91 bits per heavy atom. The Hall–Kier alpha value is -1.84. The Kier molecular flexibility index (Phi) is 6.44. The summed E-state index contributed by atoms with van der Waals surface area (Å²) in [5.74, 6) is 0.540. The number of benzene rings is 1. The first-order valence-electron chi connectivity index (χ1n) is 8.27. The standard InChI is InChI=1S/C18H26N2O2/c1-14-6-5-9-16(12-14)18(22)19-11-10-17(21)20-13-15-7-3-2-4-8-15/h5-6,9,12,15H,2-4,7-8,10-11,13H2,1H3,(H,19,22)(H,20,21). The molecule has 4 nitrogen and oxygen atoms in total. The van der Waals surface area contributed by atoms with Gasteiger partial charge in [0, 0.05) is 25.1 Å². The minimum absolute atomic E-state index is 0.0233. The topological polar surface area (TPSA) is 58.2 Å². The first-order chi connectivity index (χ1) is 10.6. The second-order valence-electron chi connectivity index (χ2n) is 6.18. The molecule has 1 aliphatic rings. The van der Waals surface area contributed by atoms with E-state index < -0.39 is 0 Å². The van der Waals surface area contributed by atoms with Crippen molar-refractivity contribution in [1.82, 2.24) is 10.6 Å².